The van der Waals surface area contributed by atoms with Crippen LogP contribution < -0.4 is 5.32 Å². The van der Waals surface area contributed by atoms with Gasteiger partial charge in [0, 0.05) is 17.5 Å². The fraction of sp³-hybridized carbons (Fsp3) is 0.423. The van der Waals surface area contributed by atoms with Crippen LogP contribution in [0.15, 0.2) is 48.8 Å². The lowest BCUT2D eigenvalue weighted by molar-refractivity contribution is -0.141. The predicted molar refractivity (Wildman–Crippen MR) is 120 cm³/mol. The van der Waals surface area contributed by atoms with Crippen molar-refractivity contribution in [3.63, 3.8) is 0 Å². The number of carbonyl (C=O) groups excluding carboxylic acids is 1. The molecule has 4 nitrogen and oxygen atoms in total. The number of alkyl halides is 3. The highest BCUT2D eigenvalue weighted by Gasteiger charge is 2.44. The molecule has 2 heterocycles. The Morgan fingerprint density at radius 1 is 1.03 bits per heavy atom. The molecule has 0 aliphatic heterocycles. The number of benzene rings is 1. The van der Waals surface area contributed by atoms with Gasteiger partial charge in [-0.25, -0.2) is 9.37 Å². The van der Waals surface area contributed by atoms with Gasteiger partial charge in [0.15, 0.2) is 0 Å². The van der Waals surface area contributed by atoms with Crippen LogP contribution in [0.2, 0.25) is 0 Å². The van der Waals surface area contributed by atoms with Crippen molar-refractivity contribution in [3.05, 3.63) is 65.9 Å². The van der Waals surface area contributed by atoms with E-state index in [0.717, 1.165) is 54.4 Å². The third-order valence-corrected chi connectivity index (χ3v) is 7.67. The Morgan fingerprint density at radius 2 is 1.76 bits per heavy atom. The van der Waals surface area contributed by atoms with E-state index in [0.29, 0.717) is 17.8 Å². The summed E-state index contributed by atoms with van der Waals surface area (Å²) in [6.07, 6.45) is 2.23. The molecule has 34 heavy (non-hydrogen) atoms. The van der Waals surface area contributed by atoms with Gasteiger partial charge >= 0.3 is 6.18 Å². The molecule has 0 saturated heterocycles. The Morgan fingerprint density at radius 3 is 2.41 bits per heavy atom. The molecule has 0 radical (unpaired) electrons. The first-order valence-corrected chi connectivity index (χ1v) is 11.6. The van der Waals surface area contributed by atoms with Crippen molar-refractivity contribution >= 4 is 22.5 Å². The van der Waals surface area contributed by atoms with Gasteiger partial charge in [-0.05, 0) is 91.3 Å². The summed E-state index contributed by atoms with van der Waals surface area (Å²) in [4.78, 5) is 20.5. The summed E-state index contributed by atoms with van der Waals surface area (Å²) in [5.74, 6) is 0.893. The van der Waals surface area contributed by atoms with Gasteiger partial charge in [-0.3, -0.25) is 9.78 Å². The Balaban J connectivity index is 1.21. The molecule has 2 saturated carbocycles. The molecule has 3 unspecified atom stereocenters. The third kappa shape index (κ3) is 4.38. The summed E-state index contributed by atoms with van der Waals surface area (Å²) in [6, 6.07) is 8.81. The summed E-state index contributed by atoms with van der Waals surface area (Å²) in [7, 11) is 0. The number of aromatic nitrogens is 2. The van der Waals surface area contributed by atoms with Crippen molar-refractivity contribution in [3.8, 4) is 0 Å². The molecule has 2 aliphatic rings. The standard InChI is InChI=1S/C26H25F4N3O/c1-14(25(34)33-20-3-5-24(32-13-20)26(28,29)30)15-8-16-10-18(11-17(16)9-15)21-6-7-31-23-4-2-19(27)12-22(21)23/h2-7,12-18H,8-11H2,1H3,(H,33,34)/t14?,15-,16-,17?,18?/m0/s1. The van der Waals surface area contributed by atoms with E-state index in [1.54, 1.807) is 18.3 Å². The highest BCUT2D eigenvalue weighted by molar-refractivity contribution is 5.92. The van der Waals surface area contributed by atoms with E-state index in [1.165, 1.54) is 12.1 Å². The quantitative estimate of drug-likeness (QED) is 0.437. The normalized spacial score (nSPS) is 25.3. The molecule has 1 N–H and O–H groups in total. The van der Waals surface area contributed by atoms with Gasteiger partial charge in [0.1, 0.15) is 11.5 Å². The summed E-state index contributed by atoms with van der Waals surface area (Å²) in [5.41, 5.74) is 1.23. The average molecular weight is 471 g/mol. The fourth-order valence-electron chi connectivity index (χ4n) is 5.93. The van der Waals surface area contributed by atoms with Gasteiger partial charge in [0.2, 0.25) is 5.91 Å². The predicted octanol–water partition coefficient (Wildman–Crippen LogP) is 6.58. The minimum atomic E-state index is -4.51. The summed E-state index contributed by atoms with van der Waals surface area (Å²) < 4.78 is 51.9. The number of anilines is 1. The smallest absolute Gasteiger partial charge is 0.324 e. The van der Waals surface area contributed by atoms with E-state index in [4.69, 9.17) is 0 Å². The van der Waals surface area contributed by atoms with Gasteiger partial charge in [-0.15, -0.1) is 0 Å². The minimum Gasteiger partial charge on any atom is -0.324 e. The van der Waals surface area contributed by atoms with E-state index in [9.17, 15) is 22.4 Å². The number of pyridine rings is 2. The van der Waals surface area contributed by atoms with Gasteiger partial charge in [-0.1, -0.05) is 6.92 Å². The zero-order valence-corrected chi connectivity index (χ0v) is 18.6. The summed E-state index contributed by atoms with van der Waals surface area (Å²) in [6.45, 7) is 1.88. The van der Waals surface area contributed by atoms with Gasteiger partial charge < -0.3 is 5.32 Å². The van der Waals surface area contributed by atoms with E-state index >= 15 is 0 Å². The van der Waals surface area contributed by atoms with Crippen LogP contribution in [-0.4, -0.2) is 15.9 Å². The highest BCUT2D eigenvalue weighted by atomic mass is 19.4. The number of amides is 1. The maximum absolute atomic E-state index is 13.9. The van der Waals surface area contributed by atoms with Crippen LogP contribution in [0.3, 0.4) is 0 Å². The molecule has 5 atom stereocenters. The second kappa shape index (κ2) is 8.64. The maximum atomic E-state index is 13.9. The van der Waals surface area contributed by atoms with Crippen LogP contribution in [0.4, 0.5) is 23.2 Å². The number of rotatable bonds is 4. The molecule has 0 spiro atoms. The van der Waals surface area contributed by atoms with Crippen LogP contribution in [0, 0.1) is 29.5 Å². The van der Waals surface area contributed by atoms with E-state index in [-0.39, 0.29) is 29.2 Å². The molecule has 2 fully saturated rings. The number of carbonyl (C=O) groups is 1. The first-order chi connectivity index (χ1) is 16.2. The zero-order valence-electron chi connectivity index (χ0n) is 18.6. The lowest BCUT2D eigenvalue weighted by atomic mass is 9.86. The molecule has 5 rings (SSSR count). The van der Waals surface area contributed by atoms with Crippen molar-refractivity contribution in [2.24, 2.45) is 23.7 Å². The van der Waals surface area contributed by atoms with Crippen LogP contribution in [-0.2, 0) is 11.0 Å². The first-order valence-electron chi connectivity index (χ1n) is 11.6. The molecule has 0 bridgehead atoms. The SMILES string of the molecule is CC(C(=O)Nc1ccc(C(F)(F)F)nc1)[C@@H]1CC2CC(c3ccnc4ccc(F)cc34)C[C@@H]2C1. The number of hydrogen-bond donors (Lipinski definition) is 1. The Bertz CT molecular complexity index is 1200. The number of hydrogen-bond acceptors (Lipinski definition) is 3. The van der Waals surface area contributed by atoms with Gasteiger partial charge in [-0.2, -0.15) is 13.2 Å². The van der Waals surface area contributed by atoms with Gasteiger partial charge in [0.25, 0.3) is 0 Å². The van der Waals surface area contributed by atoms with Gasteiger partial charge in [0.05, 0.1) is 17.4 Å². The molecular formula is C26H25F4N3O. The Labute approximate surface area is 194 Å². The second-order valence-corrected chi connectivity index (χ2v) is 9.69. The van der Waals surface area contributed by atoms with Crippen molar-refractivity contribution in [2.75, 3.05) is 5.32 Å². The molecule has 1 amide bonds. The first kappa shape index (κ1) is 22.7. The molecule has 3 aromatic rings. The molecule has 2 aliphatic carbocycles. The van der Waals surface area contributed by atoms with Crippen molar-refractivity contribution in [1.82, 2.24) is 9.97 Å². The van der Waals surface area contributed by atoms with Crippen LogP contribution in [0.1, 0.15) is 49.8 Å². The molecule has 2 aromatic heterocycles. The average Bonchev–Trinajstić information content (AvgIpc) is 3.37. The van der Waals surface area contributed by atoms with Crippen molar-refractivity contribution < 1.29 is 22.4 Å². The molecule has 178 valence electrons. The third-order valence-electron chi connectivity index (χ3n) is 7.67. The number of nitrogens with zero attached hydrogens (tertiary/aromatic N) is 2. The van der Waals surface area contributed by atoms with Crippen LogP contribution >= 0.6 is 0 Å². The van der Waals surface area contributed by atoms with Crippen LogP contribution in [0.25, 0.3) is 10.9 Å². The number of fused-ring (bicyclic) bond motifs is 2. The fourth-order valence-corrected chi connectivity index (χ4v) is 5.93. The number of nitrogens with one attached hydrogen (secondary N) is 1. The molecule has 1 aromatic carbocycles. The largest absolute Gasteiger partial charge is 0.433 e. The molecular weight excluding hydrogens is 446 g/mol. The lowest BCUT2D eigenvalue weighted by Gasteiger charge is -2.21. The Kier molecular flexibility index (Phi) is 5.78. The lowest BCUT2D eigenvalue weighted by Crippen LogP contribution is -2.26. The monoisotopic (exact) mass is 471 g/mol. The summed E-state index contributed by atoms with van der Waals surface area (Å²) >= 11 is 0. The number of halogens is 4. The van der Waals surface area contributed by atoms with Crippen molar-refractivity contribution in [2.45, 2.75) is 44.7 Å². The zero-order chi connectivity index (χ0) is 24.0. The van der Waals surface area contributed by atoms with Crippen molar-refractivity contribution in [1.29, 1.82) is 0 Å². The van der Waals surface area contributed by atoms with Crippen LogP contribution in [0.5, 0.6) is 0 Å². The van der Waals surface area contributed by atoms with E-state index < -0.39 is 11.9 Å². The highest BCUT2D eigenvalue weighted by Crippen LogP contribution is 2.54. The molecule has 8 heteroatoms. The summed E-state index contributed by atoms with van der Waals surface area (Å²) in [5, 5.41) is 3.59. The minimum absolute atomic E-state index is 0.196. The Hall–Kier alpha value is -3.03. The van der Waals surface area contributed by atoms with E-state index in [1.807, 2.05) is 13.0 Å². The van der Waals surface area contributed by atoms with E-state index in [2.05, 4.69) is 15.3 Å². The topological polar surface area (TPSA) is 54.9 Å². The maximum Gasteiger partial charge on any atom is 0.433 e. The second-order valence-electron chi connectivity index (χ2n) is 9.69.